The molecule has 20 heavy (non-hydrogen) atoms. The molecule has 1 unspecified atom stereocenters. The Bertz CT molecular complexity index is 182. The molecule has 0 aromatic carbocycles. The van der Waals surface area contributed by atoms with Crippen LogP contribution in [0.25, 0.3) is 0 Å². The van der Waals surface area contributed by atoms with E-state index in [0.29, 0.717) is 0 Å². The topological polar surface area (TPSA) is 21.3 Å². The summed E-state index contributed by atoms with van der Waals surface area (Å²) in [5.74, 6) is 0.722. The Kier molecular flexibility index (Phi) is 15.4. The van der Waals surface area contributed by atoms with Crippen molar-refractivity contribution in [2.75, 3.05) is 19.8 Å². The monoisotopic (exact) mass is 283 g/mol. The fourth-order valence-corrected chi connectivity index (χ4v) is 2.90. The van der Waals surface area contributed by atoms with Crippen molar-refractivity contribution in [3.05, 3.63) is 0 Å². The first kappa shape index (κ1) is 20.0. The van der Waals surface area contributed by atoms with Gasteiger partial charge in [-0.3, -0.25) is 0 Å². The normalized spacial score (nSPS) is 12.6. The van der Waals surface area contributed by atoms with E-state index in [4.69, 9.17) is 4.74 Å². The Morgan fingerprint density at radius 3 is 2.05 bits per heavy atom. The van der Waals surface area contributed by atoms with E-state index in [1.165, 1.54) is 51.2 Å². The molecule has 0 aromatic rings. The van der Waals surface area contributed by atoms with Crippen LogP contribution >= 0.6 is 0 Å². The highest BCUT2D eigenvalue weighted by Gasteiger charge is 2.22. The average Bonchev–Trinajstić information content (AvgIpc) is 2.46. The number of unbranched alkanes of at least 4 members (excludes halogenated alkanes) is 2. The minimum absolute atomic E-state index is 0.722. The van der Waals surface area contributed by atoms with Gasteiger partial charge >= 0.3 is 0 Å². The molecule has 0 aromatic heterocycles. The fraction of sp³-hybridized carbons (Fsp3) is 1.00. The standard InChI is InChI=1S/C17H38BNO/c1-5-9-13-18(14-10-6-2)17(12-7-3)19-15-11-16-20-8-4/h17,19H,5-16H2,1-4H3. The summed E-state index contributed by atoms with van der Waals surface area (Å²) in [6.45, 7) is 12.7. The first-order chi connectivity index (χ1) is 9.79. The van der Waals surface area contributed by atoms with Crippen molar-refractivity contribution >= 4 is 6.71 Å². The largest absolute Gasteiger partial charge is 0.382 e. The molecule has 0 rings (SSSR count). The summed E-state index contributed by atoms with van der Waals surface area (Å²) in [6.07, 6.45) is 12.0. The van der Waals surface area contributed by atoms with Crippen LogP contribution in [0.4, 0.5) is 0 Å². The third-order valence-corrected chi connectivity index (χ3v) is 4.10. The van der Waals surface area contributed by atoms with Crippen LogP contribution in [0.1, 0.15) is 72.6 Å². The summed E-state index contributed by atoms with van der Waals surface area (Å²) in [5, 5.41) is 3.82. The second kappa shape index (κ2) is 15.4. The molecule has 0 heterocycles. The van der Waals surface area contributed by atoms with Crippen LogP contribution in [-0.4, -0.2) is 32.4 Å². The molecule has 0 aliphatic rings. The van der Waals surface area contributed by atoms with Crippen molar-refractivity contribution in [1.29, 1.82) is 0 Å². The van der Waals surface area contributed by atoms with E-state index in [9.17, 15) is 0 Å². The molecule has 0 radical (unpaired) electrons. The van der Waals surface area contributed by atoms with Crippen molar-refractivity contribution in [3.8, 4) is 0 Å². The fourth-order valence-electron chi connectivity index (χ4n) is 2.90. The van der Waals surface area contributed by atoms with Gasteiger partial charge in [0, 0.05) is 13.2 Å². The smallest absolute Gasteiger partial charge is 0.160 e. The highest BCUT2D eigenvalue weighted by atomic mass is 16.5. The molecule has 0 saturated heterocycles. The lowest BCUT2D eigenvalue weighted by atomic mass is 9.38. The van der Waals surface area contributed by atoms with Gasteiger partial charge in [0.25, 0.3) is 0 Å². The number of ether oxygens (including phenoxy) is 1. The maximum atomic E-state index is 5.43. The zero-order valence-corrected chi connectivity index (χ0v) is 14.5. The average molecular weight is 283 g/mol. The Hall–Kier alpha value is -0.0151. The van der Waals surface area contributed by atoms with Gasteiger partial charge in [0.2, 0.25) is 0 Å². The molecule has 0 aliphatic heterocycles. The van der Waals surface area contributed by atoms with Crippen LogP contribution in [0.2, 0.25) is 12.6 Å². The lowest BCUT2D eigenvalue weighted by Crippen LogP contribution is -2.43. The van der Waals surface area contributed by atoms with Crippen LogP contribution in [0.5, 0.6) is 0 Å². The summed E-state index contributed by atoms with van der Waals surface area (Å²) in [4.78, 5) is 0. The van der Waals surface area contributed by atoms with Gasteiger partial charge in [-0.15, -0.1) is 0 Å². The van der Waals surface area contributed by atoms with E-state index < -0.39 is 0 Å². The highest BCUT2D eigenvalue weighted by Crippen LogP contribution is 2.16. The molecule has 3 heteroatoms. The minimum atomic E-state index is 0.722. The molecule has 1 atom stereocenters. The molecule has 120 valence electrons. The number of hydrogen-bond acceptors (Lipinski definition) is 2. The van der Waals surface area contributed by atoms with Crippen molar-refractivity contribution in [2.45, 2.75) is 91.2 Å². The van der Waals surface area contributed by atoms with Gasteiger partial charge in [0.15, 0.2) is 6.71 Å². The number of rotatable bonds is 15. The Labute approximate surface area is 128 Å². The van der Waals surface area contributed by atoms with E-state index in [2.05, 4.69) is 33.0 Å². The van der Waals surface area contributed by atoms with Gasteiger partial charge in [-0.05, 0) is 32.3 Å². The highest BCUT2D eigenvalue weighted by molar-refractivity contribution is 6.60. The molecular formula is C17H38BNO. The zero-order valence-electron chi connectivity index (χ0n) is 14.5. The van der Waals surface area contributed by atoms with Crippen LogP contribution in [0.3, 0.4) is 0 Å². The Morgan fingerprint density at radius 2 is 1.55 bits per heavy atom. The van der Waals surface area contributed by atoms with E-state index >= 15 is 0 Å². The summed E-state index contributed by atoms with van der Waals surface area (Å²) in [5.41, 5.74) is 0. The van der Waals surface area contributed by atoms with E-state index in [-0.39, 0.29) is 0 Å². The maximum absolute atomic E-state index is 5.43. The quantitative estimate of drug-likeness (QED) is 0.344. The molecule has 0 amide bonds. The third-order valence-electron chi connectivity index (χ3n) is 4.10. The molecular weight excluding hydrogens is 245 g/mol. The molecule has 2 nitrogen and oxygen atoms in total. The van der Waals surface area contributed by atoms with Gasteiger partial charge < -0.3 is 10.1 Å². The molecule has 1 N–H and O–H groups in total. The summed E-state index contributed by atoms with van der Waals surface area (Å²) >= 11 is 0. The Morgan fingerprint density at radius 1 is 0.900 bits per heavy atom. The molecule has 0 fully saturated rings. The van der Waals surface area contributed by atoms with Crippen LogP contribution in [0.15, 0.2) is 0 Å². The predicted molar refractivity (Wildman–Crippen MR) is 93.0 cm³/mol. The summed E-state index contributed by atoms with van der Waals surface area (Å²) in [6, 6.07) is 0. The predicted octanol–water partition coefficient (Wildman–Crippen LogP) is 4.81. The first-order valence-corrected chi connectivity index (χ1v) is 9.11. The van der Waals surface area contributed by atoms with Gasteiger partial charge in [0.1, 0.15) is 0 Å². The second-order valence-electron chi connectivity index (χ2n) is 5.94. The van der Waals surface area contributed by atoms with Gasteiger partial charge in [-0.2, -0.15) is 0 Å². The zero-order chi connectivity index (χ0) is 15.1. The Balaban J connectivity index is 4.15. The first-order valence-electron chi connectivity index (χ1n) is 9.11. The van der Waals surface area contributed by atoms with E-state index in [1.54, 1.807) is 0 Å². The summed E-state index contributed by atoms with van der Waals surface area (Å²) in [7, 11) is 0. The molecule has 0 saturated carbocycles. The third kappa shape index (κ3) is 10.7. The van der Waals surface area contributed by atoms with Crippen LogP contribution in [0, 0.1) is 0 Å². The van der Waals surface area contributed by atoms with Crippen LogP contribution in [-0.2, 0) is 4.74 Å². The van der Waals surface area contributed by atoms with Gasteiger partial charge in [0.05, 0.1) is 0 Å². The molecule has 0 spiro atoms. The van der Waals surface area contributed by atoms with Crippen LogP contribution < -0.4 is 5.32 Å². The lowest BCUT2D eigenvalue weighted by molar-refractivity contribution is 0.144. The molecule has 0 aliphatic carbocycles. The van der Waals surface area contributed by atoms with Crippen molar-refractivity contribution in [1.82, 2.24) is 5.32 Å². The number of nitrogens with one attached hydrogen (secondary N) is 1. The maximum Gasteiger partial charge on any atom is 0.160 e. The SMILES string of the molecule is CCCCB(CCCC)C(CCC)NCCCOCC. The van der Waals surface area contributed by atoms with Crippen molar-refractivity contribution < 1.29 is 4.74 Å². The van der Waals surface area contributed by atoms with Crippen molar-refractivity contribution in [3.63, 3.8) is 0 Å². The second-order valence-corrected chi connectivity index (χ2v) is 5.94. The van der Waals surface area contributed by atoms with E-state index in [1.807, 2.05) is 0 Å². The van der Waals surface area contributed by atoms with Crippen molar-refractivity contribution in [2.24, 2.45) is 0 Å². The van der Waals surface area contributed by atoms with Gasteiger partial charge in [-0.25, -0.2) is 0 Å². The summed E-state index contributed by atoms with van der Waals surface area (Å²) < 4.78 is 5.43. The van der Waals surface area contributed by atoms with E-state index in [0.717, 1.165) is 38.8 Å². The number of hydrogen-bond donors (Lipinski definition) is 1. The van der Waals surface area contributed by atoms with Gasteiger partial charge in [-0.1, -0.05) is 65.5 Å². The molecule has 0 bridgehead atoms. The minimum Gasteiger partial charge on any atom is -0.382 e. The lowest BCUT2D eigenvalue weighted by Gasteiger charge is -2.26.